The highest BCUT2D eigenvalue weighted by molar-refractivity contribution is 8.01. The first-order valence-electron chi connectivity index (χ1n) is 9.01. The topological polar surface area (TPSA) is 41.6 Å². The molecule has 0 saturated carbocycles. The molecular weight excluding hydrogens is 389 g/mol. The first-order valence-corrected chi connectivity index (χ1v) is 9.89. The highest BCUT2D eigenvalue weighted by atomic mass is 32.2. The molecule has 2 aromatic rings. The number of benzene rings is 2. The Bertz CT molecular complexity index is 857. The Labute approximate surface area is 165 Å². The van der Waals surface area contributed by atoms with Crippen LogP contribution in [0, 0.1) is 0 Å². The van der Waals surface area contributed by atoms with Gasteiger partial charge in [0.2, 0.25) is 5.91 Å². The summed E-state index contributed by atoms with van der Waals surface area (Å²) in [6.45, 7) is 2.14. The number of halogens is 3. The summed E-state index contributed by atoms with van der Waals surface area (Å²) in [5.74, 6) is -0.282. The van der Waals surface area contributed by atoms with Crippen LogP contribution in [-0.4, -0.2) is 37.5 Å². The Kier molecular flexibility index (Phi) is 5.25. The highest BCUT2D eigenvalue weighted by Gasteiger charge is 2.33. The lowest BCUT2D eigenvalue weighted by molar-refractivity contribution is -0.137. The fraction of sp³-hybridized carbons (Fsp3) is 0.350. The molecule has 0 spiro atoms. The lowest BCUT2D eigenvalue weighted by atomic mass is 10.1. The van der Waals surface area contributed by atoms with E-state index in [4.69, 9.17) is 4.74 Å². The molecule has 4 nitrogen and oxygen atoms in total. The molecule has 148 valence electrons. The zero-order chi connectivity index (χ0) is 19.7. The van der Waals surface area contributed by atoms with Crippen molar-refractivity contribution in [2.45, 2.75) is 22.7 Å². The van der Waals surface area contributed by atoms with Crippen molar-refractivity contribution >= 4 is 29.0 Å². The lowest BCUT2D eigenvalue weighted by Crippen LogP contribution is -2.37. The number of ether oxygens (including phenoxy) is 1. The zero-order valence-corrected chi connectivity index (χ0v) is 15.8. The number of alkyl halides is 3. The van der Waals surface area contributed by atoms with Crippen LogP contribution >= 0.6 is 11.8 Å². The minimum atomic E-state index is -4.47. The van der Waals surface area contributed by atoms with Gasteiger partial charge in [-0.1, -0.05) is 18.2 Å². The van der Waals surface area contributed by atoms with Crippen LogP contribution < -0.4 is 10.2 Å². The Balaban J connectivity index is 1.59. The van der Waals surface area contributed by atoms with Crippen molar-refractivity contribution in [3.05, 3.63) is 53.6 Å². The largest absolute Gasteiger partial charge is 0.416 e. The number of nitrogens with one attached hydrogen (secondary N) is 1. The second-order valence-corrected chi connectivity index (χ2v) is 7.98. The quantitative estimate of drug-likeness (QED) is 0.827. The molecule has 1 amide bonds. The molecule has 0 aromatic heterocycles. The molecule has 1 saturated heterocycles. The molecule has 1 unspecified atom stereocenters. The number of hydrogen-bond donors (Lipinski definition) is 1. The van der Waals surface area contributed by atoms with Crippen molar-refractivity contribution in [2.24, 2.45) is 0 Å². The molecular formula is C20H19F3N2O2S. The fourth-order valence-corrected chi connectivity index (χ4v) is 4.63. The number of carbonyl (C=O) groups is 1. The van der Waals surface area contributed by atoms with E-state index in [0.29, 0.717) is 38.4 Å². The van der Waals surface area contributed by atoms with Crippen LogP contribution in [0.1, 0.15) is 11.1 Å². The van der Waals surface area contributed by atoms with Crippen LogP contribution in [0.3, 0.4) is 0 Å². The fourth-order valence-electron chi connectivity index (χ4n) is 3.43. The highest BCUT2D eigenvalue weighted by Crippen LogP contribution is 2.39. The number of fused-ring (bicyclic) bond motifs is 1. The molecule has 2 aliphatic rings. The van der Waals surface area contributed by atoms with Crippen LogP contribution in [0.15, 0.2) is 47.4 Å². The predicted octanol–water partition coefficient (Wildman–Crippen LogP) is 4.20. The van der Waals surface area contributed by atoms with Gasteiger partial charge < -0.3 is 15.0 Å². The maximum Gasteiger partial charge on any atom is 0.416 e. The van der Waals surface area contributed by atoms with Gasteiger partial charge in [0, 0.05) is 18.0 Å². The predicted molar refractivity (Wildman–Crippen MR) is 103 cm³/mol. The van der Waals surface area contributed by atoms with Gasteiger partial charge >= 0.3 is 6.18 Å². The van der Waals surface area contributed by atoms with Crippen LogP contribution in [-0.2, 0) is 22.1 Å². The molecule has 2 heterocycles. The van der Waals surface area contributed by atoms with Gasteiger partial charge in [-0.05, 0) is 36.2 Å². The lowest BCUT2D eigenvalue weighted by Gasteiger charge is -2.31. The summed E-state index contributed by atoms with van der Waals surface area (Å²) in [5.41, 5.74) is 1.09. The standard InChI is InChI=1S/C20H19F3N2O2S/c21-20(22,23)14-5-6-16(25-7-9-27-10-8-25)15(12-14)24-19(26)18-11-13-3-1-2-4-17(13)28-18/h1-6,12,18H,7-11H2,(H,24,26). The molecule has 1 fully saturated rings. The molecule has 1 atom stereocenters. The molecule has 0 bridgehead atoms. The summed E-state index contributed by atoms with van der Waals surface area (Å²) in [4.78, 5) is 15.8. The number of nitrogens with zero attached hydrogens (tertiary/aromatic N) is 1. The Morgan fingerprint density at radius 2 is 1.89 bits per heavy atom. The maximum absolute atomic E-state index is 13.2. The van der Waals surface area contributed by atoms with E-state index in [-0.39, 0.29) is 16.8 Å². The minimum Gasteiger partial charge on any atom is -0.378 e. The van der Waals surface area contributed by atoms with E-state index in [9.17, 15) is 18.0 Å². The van der Waals surface area contributed by atoms with Gasteiger partial charge in [-0.3, -0.25) is 4.79 Å². The average molecular weight is 408 g/mol. The van der Waals surface area contributed by atoms with Gasteiger partial charge in [0.05, 0.1) is 35.4 Å². The number of anilines is 2. The summed E-state index contributed by atoms with van der Waals surface area (Å²) in [6.07, 6.45) is -3.90. The van der Waals surface area contributed by atoms with E-state index >= 15 is 0 Å². The first-order chi connectivity index (χ1) is 13.4. The van der Waals surface area contributed by atoms with Gasteiger partial charge in [0.15, 0.2) is 0 Å². The van der Waals surface area contributed by atoms with E-state index in [1.807, 2.05) is 29.2 Å². The average Bonchev–Trinajstić information content (AvgIpc) is 3.12. The van der Waals surface area contributed by atoms with E-state index in [2.05, 4.69) is 5.32 Å². The van der Waals surface area contributed by atoms with E-state index < -0.39 is 11.7 Å². The van der Waals surface area contributed by atoms with Gasteiger partial charge in [-0.25, -0.2) is 0 Å². The van der Waals surface area contributed by atoms with Crippen LogP contribution in [0.25, 0.3) is 0 Å². The van der Waals surface area contributed by atoms with Crippen LogP contribution in [0.5, 0.6) is 0 Å². The summed E-state index contributed by atoms with van der Waals surface area (Å²) in [6, 6.07) is 11.3. The van der Waals surface area contributed by atoms with Crippen molar-refractivity contribution in [2.75, 3.05) is 36.5 Å². The molecule has 8 heteroatoms. The van der Waals surface area contributed by atoms with Crippen molar-refractivity contribution < 1.29 is 22.7 Å². The smallest absolute Gasteiger partial charge is 0.378 e. The van der Waals surface area contributed by atoms with Crippen molar-refractivity contribution in [1.29, 1.82) is 0 Å². The molecule has 0 aliphatic carbocycles. The van der Waals surface area contributed by atoms with Gasteiger partial charge in [0.1, 0.15) is 0 Å². The molecule has 0 radical (unpaired) electrons. The second kappa shape index (κ2) is 7.67. The van der Waals surface area contributed by atoms with E-state index in [1.54, 1.807) is 0 Å². The normalized spacial score (nSPS) is 19.4. The van der Waals surface area contributed by atoms with Crippen molar-refractivity contribution in [3.63, 3.8) is 0 Å². The molecule has 28 heavy (non-hydrogen) atoms. The Morgan fingerprint density at radius 3 is 2.61 bits per heavy atom. The third-order valence-electron chi connectivity index (χ3n) is 4.87. The molecule has 2 aromatic carbocycles. The SMILES string of the molecule is O=C(Nc1cc(C(F)(F)F)ccc1N1CCOCC1)C1Cc2ccccc2S1. The van der Waals surface area contributed by atoms with Crippen LogP contribution in [0.2, 0.25) is 0 Å². The maximum atomic E-state index is 13.2. The second-order valence-electron chi connectivity index (χ2n) is 6.74. The third kappa shape index (κ3) is 3.98. The minimum absolute atomic E-state index is 0.193. The number of thioether (sulfide) groups is 1. The van der Waals surface area contributed by atoms with Gasteiger partial charge in [-0.15, -0.1) is 11.8 Å². The first kappa shape index (κ1) is 19.1. The van der Waals surface area contributed by atoms with E-state index in [0.717, 1.165) is 22.6 Å². The van der Waals surface area contributed by atoms with E-state index in [1.165, 1.54) is 17.8 Å². The number of amides is 1. The summed E-state index contributed by atoms with van der Waals surface area (Å²) in [7, 11) is 0. The Hall–Kier alpha value is -2.19. The molecule has 4 rings (SSSR count). The number of hydrogen-bond acceptors (Lipinski definition) is 4. The Morgan fingerprint density at radius 1 is 1.14 bits per heavy atom. The number of morpholine rings is 1. The molecule has 2 aliphatic heterocycles. The van der Waals surface area contributed by atoms with Crippen molar-refractivity contribution in [3.8, 4) is 0 Å². The zero-order valence-electron chi connectivity index (χ0n) is 15.0. The summed E-state index contributed by atoms with van der Waals surface area (Å²) >= 11 is 1.45. The van der Waals surface area contributed by atoms with Gasteiger partial charge in [-0.2, -0.15) is 13.2 Å². The summed E-state index contributed by atoms with van der Waals surface area (Å²) in [5, 5.41) is 2.40. The van der Waals surface area contributed by atoms with Crippen molar-refractivity contribution in [1.82, 2.24) is 0 Å². The number of rotatable bonds is 3. The van der Waals surface area contributed by atoms with Gasteiger partial charge in [0.25, 0.3) is 0 Å². The molecule has 1 N–H and O–H groups in total. The summed E-state index contributed by atoms with van der Waals surface area (Å²) < 4.78 is 45.0. The third-order valence-corrected chi connectivity index (χ3v) is 6.19. The number of carbonyl (C=O) groups excluding carboxylic acids is 1. The van der Waals surface area contributed by atoms with Crippen LogP contribution in [0.4, 0.5) is 24.5 Å². The monoisotopic (exact) mass is 408 g/mol.